The highest BCUT2D eigenvalue weighted by Crippen LogP contribution is 2.67. The maximum Gasteiger partial charge on any atom is 0.338 e. The number of aliphatic hydroxyl groups is 3. The van der Waals surface area contributed by atoms with Gasteiger partial charge in [0.25, 0.3) is 0 Å². The number of ether oxygens (including phenoxy) is 4. The molecule has 0 aliphatic heterocycles. The van der Waals surface area contributed by atoms with E-state index in [9.17, 15) is 39.3 Å². The van der Waals surface area contributed by atoms with Gasteiger partial charge in [0, 0.05) is 37.0 Å². The fraction of sp³-hybridized carbons (Fsp3) is 0.500. The van der Waals surface area contributed by atoms with Crippen LogP contribution in [0.2, 0.25) is 0 Å². The van der Waals surface area contributed by atoms with Crippen LogP contribution in [0.25, 0.3) is 0 Å². The first-order valence-corrected chi connectivity index (χ1v) is 16.5. The highest BCUT2D eigenvalue weighted by atomic mass is 16.6. The molecule has 12 nitrogen and oxygen atoms in total. The van der Waals surface area contributed by atoms with Crippen LogP contribution in [-0.4, -0.2) is 87.7 Å². The third-order valence-electron chi connectivity index (χ3n) is 11.1. The first kappa shape index (κ1) is 36.9. The van der Waals surface area contributed by atoms with Gasteiger partial charge in [-0.05, 0) is 43.5 Å². The summed E-state index contributed by atoms with van der Waals surface area (Å²) in [7, 11) is 0. The van der Waals surface area contributed by atoms with Crippen LogP contribution in [0.15, 0.2) is 73.3 Å². The molecule has 0 unspecified atom stereocenters. The first-order chi connectivity index (χ1) is 23.5. The summed E-state index contributed by atoms with van der Waals surface area (Å²) in [4.78, 5) is 67.3. The van der Waals surface area contributed by atoms with Gasteiger partial charge in [-0.1, -0.05) is 56.3 Å². The Morgan fingerprint density at radius 1 is 0.840 bits per heavy atom. The van der Waals surface area contributed by atoms with Crippen molar-refractivity contribution in [3.05, 3.63) is 84.4 Å². The number of fused-ring (bicyclic) bond motifs is 3. The molecule has 0 saturated heterocycles. The summed E-state index contributed by atoms with van der Waals surface area (Å²) in [5.41, 5.74) is -7.22. The lowest BCUT2D eigenvalue weighted by atomic mass is 9.38. The number of aliphatic hydroxyl groups excluding tert-OH is 2. The zero-order chi connectivity index (χ0) is 36.8. The number of Topliss-reactive ketones (excluding diaryl/α,β-unsaturated/α-hetero) is 1. The summed E-state index contributed by atoms with van der Waals surface area (Å²) in [6, 6.07) is 15.8. The highest BCUT2D eigenvalue weighted by molar-refractivity contribution is 5.97. The second kappa shape index (κ2) is 13.4. The fourth-order valence-corrected chi connectivity index (χ4v) is 8.97. The van der Waals surface area contributed by atoms with Crippen molar-refractivity contribution >= 4 is 29.7 Å². The number of carbonyl (C=O) groups excluding carboxylic acids is 5. The number of rotatable bonds is 8. The van der Waals surface area contributed by atoms with Crippen LogP contribution in [0, 0.1) is 28.1 Å². The Morgan fingerprint density at radius 2 is 1.36 bits per heavy atom. The van der Waals surface area contributed by atoms with Crippen LogP contribution >= 0.6 is 0 Å². The second-order valence-electron chi connectivity index (χ2n) is 14.5. The van der Waals surface area contributed by atoms with Gasteiger partial charge < -0.3 is 34.3 Å². The van der Waals surface area contributed by atoms with Crippen LogP contribution in [-0.2, 0) is 33.3 Å². The van der Waals surface area contributed by atoms with Gasteiger partial charge in [-0.25, -0.2) is 9.59 Å². The average molecular weight is 693 g/mol. The van der Waals surface area contributed by atoms with E-state index in [4.69, 9.17) is 18.9 Å². The maximum atomic E-state index is 14.7. The lowest BCUT2D eigenvalue weighted by Crippen LogP contribution is -2.82. The van der Waals surface area contributed by atoms with Gasteiger partial charge in [0.2, 0.25) is 0 Å². The highest BCUT2D eigenvalue weighted by Gasteiger charge is 2.79. The van der Waals surface area contributed by atoms with Crippen LogP contribution < -0.4 is 0 Å². The Kier molecular flexibility index (Phi) is 9.87. The van der Waals surface area contributed by atoms with Crippen LogP contribution in [0.1, 0.15) is 68.2 Å². The van der Waals surface area contributed by atoms with Crippen LogP contribution in [0.4, 0.5) is 0 Å². The lowest BCUT2D eigenvalue weighted by Gasteiger charge is -2.69. The second-order valence-corrected chi connectivity index (χ2v) is 14.5. The molecule has 0 spiro atoms. The molecule has 3 aliphatic carbocycles. The van der Waals surface area contributed by atoms with Gasteiger partial charge in [-0.3, -0.25) is 14.4 Å². The predicted octanol–water partition coefficient (Wildman–Crippen LogP) is 3.21. The first-order valence-electron chi connectivity index (χ1n) is 16.5. The van der Waals surface area contributed by atoms with E-state index in [-0.39, 0.29) is 24.0 Å². The summed E-state index contributed by atoms with van der Waals surface area (Å²) < 4.78 is 23.7. The van der Waals surface area contributed by atoms with Gasteiger partial charge in [-0.2, -0.15) is 0 Å². The molecule has 12 heteroatoms. The number of benzene rings is 2. The molecular weight excluding hydrogens is 648 g/mol. The zero-order valence-corrected chi connectivity index (χ0v) is 28.7. The van der Waals surface area contributed by atoms with Crippen molar-refractivity contribution < 1.29 is 58.2 Å². The van der Waals surface area contributed by atoms with E-state index in [1.165, 1.54) is 37.3 Å². The van der Waals surface area contributed by atoms with Crippen molar-refractivity contribution in [1.82, 2.24) is 0 Å². The van der Waals surface area contributed by atoms with E-state index >= 15 is 0 Å². The maximum absolute atomic E-state index is 14.7. The average Bonchev–Trinajstić information content (AvgIpc) is 3.08. The summed E-state index contributed by atoms with van der Waals surface area (Å²) in [5.74, 6) is -6.77. The standard InChI is InChI=1S/C38H44O12/c1-7-36(6)19-25(49-32(43)23-14-10-8-11-15-23)29-37(20-39)26(18-27(47-21(2)40)38(29,46)34(36)45)35(4,5)30(48-22(3)41)28(42)31(37)50-33(44)24-16-12-9-13-17-24/h7-17,25-31,39,42,46H,1,18-20H2,2-6H3/t25-,26+,27-,28+,29-,30-,31+,36+,37+,38+/m1/s1. The molecule has 0 amide bonds. The molecule has 3 fully saturated rings. The van der Waals surface area contributed by atoms with Crippen LogP contribution in [0.3, 0.4) is 0 Å². The van der Waals surface area contributed by atoms with E-state index in [0.29, 0.717) is 0 Å². The zero-order valence-electron chi connectivity index (χ0n) is 28.7. The van der Waals surface area contributed by atoms with Gasteiger partial charge in [0.1, 0.15) is 30.5 Å². The number of esters is 4. The minimum absolute atomic E-state index is 0.0908. The largest absolute Gasteiger partial charge is 0.459 e. The Balaban J connectivity index is 1.80. The number of hydrogen-bond donors (Lipinski definition) is 3. The quantitative estimate of drug-likeness (QED) is 0.209. The molecule has 2 aromatic carbocycles. The fourth-order valence-electron chi connectivity index (χ4n) is 8.97. The van der Waals surface area contributed by atoms with Crippen molar-refractivity contribution in [3.8, 4) is 0 Å². The summed E-state index contributed by atoms with van der Waals surface area (Å²) in [6.07, 6.45) is -7.10. The minimum Gasteiger partial charge on any atom is -0.459 e. The molecule has 2 aromatic rings. The summed E-state index contributed by atoms with van der Waals surface area (Å²) >= 11 is 0. The molecule has 268 valence electrons. The number of ketones is 1. The molecule has 0 radical (unpaired) electrons. The minimum atomic E-state index is -2.67. The number of allylic oxidation sites excluding steroid dienone is 1. The molecule has 0 heterocycles. The lowest BCUT2D eigenvalue weighted by molar-refractivity contribution is -0.324. The Labute approximate surface area is 290 Å². The van der Waals surface area contributed by atoms with Crippen molar-refractivity contribution in [1.29, 1.82) is 0 Å². The van der Waals surface area contributed by atoms with Gasteiger partial charge in [0.15, 0.2) is 11.4 Å². The molecular formula is C38H44O12. The summed E-state index contributed by atoms with van der Waals surface area (Å²) in [5, 5.41) is 36.8. The van der Waals surface area contributed by atoms with E-state index in [1.54, 1.807) is 50.2 Å². The van der Waals surface area contributed by atoms with E-state index in [0.717, 1.165) is 13.8 Å². The molecule has 0 aromatic heterocycles. The Morgan fingerprint density at radius 3 is 1.84 bits per heavy atom. The van der Waals surface area contributed by atoms with Gasteiger partial charge >= 0.3 is 23.9 Å². The molecule has 3 N–H and O–H groups in total. The van der Waals surface area contributed by atoms with Gasteiger partial charge in [0.05, 0.1) is 23.1 Å². The van der Waals surface area contributed by atoms with E-state index in [1.807, 2.05) is 0 Å². The van der Waals surface area contributed by atoms with Crippen molar-refractivity contribution in [3.63, 3.8) is 0 Å². The summed E-state index contributed by atoms with van der Waals surface area (Å²) in [6.45, 7) is 10.0. The number of carbonyl (C=O) groups is 5. The molecule has 5 rings (SSSR count). The SMILES string of the molecule is C=C[C@@]1(C)C[C@@H](OC(=O)c2ccccc2)[C@H]2[C@](O)(C1=O)[C@H](OC(C)=O)C[C@H]1C(C)(C)[C@H](OC(C)=O)[C@H](O)[C@H](OC(=O)c3ccccc3)[C@@]12CO. The van der Waals surface area contributed by atoms with Crippen LogP contribution in [0.5, 0.6) is 0 Å². The smallest absolute Gasteiger partial charge is 0.338 e. The predicted molar refractivity (Wildman–Crippen MR) is 176 cm³/mol. The third kappa shape index (κ3) is 5.82. The van der Waals surface area contributed by atoms with Crippen molar-refractivity contribution in [2.45, 2.75) is 83.6 Å². The molecule has 0 bridgehead atoms. The molecule has 50 heavy (non-hydrogen) atoms. The third-order valence-corrected chi connectivity index (χ3v) is 11.1. The van der Waals surface area contributed by atoms with Gasteiger partial charge in [-0.15, -0.1) is 6.58 Å². The van der Waals surface area contributed by atoms with E-state index in [2.05, 4.69) is 6.58 Å². The Bertz CT molecular complexity index is 1660. The normalized spacial score (nSPS) is 35.8. The van der Waals surface area contributed by atoms with E-state index < -0.39 is 100 Å². The number of hydrogen-bond acceptors (Lipinski definition) is 12. The monoisotopic (exact) mass is 692 g/mol. The van der Waals surface area contributed by atoms with Crippen molar-refractivity contribution in [2.24, 2.45) is 28.1 Å². The molecule has 3 aliphatic rings. The van der Waals surface area contributed by atoms with Crippen molar-refractivity contribution in [2.75, 3.05) is 6.61 Å². The molecule has 3 saturated carbocycles. The molecule has 10 atom stereocenters. The Hall–Kier alpha value is -4.39. The topological polar surface area (TPSA) is 183 Å².